The number of nitrogens with one attached hydrogen (secondary N) is 1. The summed E-state index contributed by atoms with van der Waals surface area (Å²) >= 11 is 0. The van der Waals surface area contributed by atoms with E-state index in [1.54, 1.807) is 24.3 Å². The summed E-state index contributed by atoms with van der Waals surface area (Å²) in [6, 6.07) is 6.43. The van der Waals surface area contributed by atoms with Gasteiger partial charge < -0.3 is 5.32 Å². The van der Waals surface area contributed by atoms with Gasteiger partial charge in [0.2, 0.25) is 0 Å². The van der Waals surface area contributed by atoms with E-state index < -0.39 is 4.92 Å². The zero-order valence-electron chi connectivity index (χ0n) is 11.0. The molecule has 0 unspecified atom stereocenters. The third-order valence-corrected chi connectivity index (χ3v) is 3.05. The topological polar surface area (TPSA) is 72.2 Å². The van der Waals surface area contributed by atoms with Gasteiger partial charge in [0.1, 0.15) is 5.69 Å². The van der Waals surface area contributed by atoms with Crippen LogP contribution in [-0.2, 0) is 4.79 Å². The Kier molecular flexibility index (Phi) is 3.38. The lowest BCUT2D eigenvalue weighted by Gasteiger charge is -2.29. The Morgan fingerprint density at radius 1 is 1.26 bits per heavy atom. The first-order valence-electron chi connectivity index (χ1n) is 6.11. The van der Waals surface area contributed by atoms with Gasteiger partial charge in [0.25, 0.3) is 5.69 Å². The van der Waals surface area contributed by atoms with E-state index in [1.165, 1.54) is 6.07 Å². The molecule has 0 fully saturated rings. The highest BCUT2D eigenvalue weighted by atomic mass is 16.6. The number of hydrogen-bond donors (Lipinski definition) is 1. The minimum atomic E-state index is -0.432. The molecule has 0 bridgehead atoms. The fourth-order valence-electron chi connectivity index (χ4n) is 2.34. The van der Waals surface area contributed by atoms with E-state index in [9.17, 15) is 14.9 Å². The highest BCUT2D eigenvalue weighted by Crippen LogP contribution is 2.35. The second-order valence-corrected chi connectivity index (χ2v) is 5.55. The molecule has 19 heavy (non-hydrogen) atoms. The van der Waals surface area contributed by atoms with Gasteiger partial charge >= 0.3 is 0 Å². The molecule has 0 amide bonds. The number of ketones is 1. The Bertz CT molecular complexity index is 562. The molecule has 0 radical (unpaired) electrons. The predicted octanol–water partition coefficient (Wildman–Crippen LogP) is 3.28. The van der Waals surface area contributed by atoms with Crippen molar-refractivity contribution in [2.24, 2.45) is 5.41 Å². The molecule has 0 saturated heterocycles. The molecule has 0 aliphatic heterocycles. The SMILES string of the molecule is CC1(C)CC(=O)C=C(Nc2ccccc2[N+](=O)[O-])C1. The molecule has 0 saturated carbocycles. The molecule has 0 heterocycles. The van der Waals surface area contributed by atoms with Gasteiger partial charge in [-0.25, -0.2) is 0 Å². The summed E-state index contributed by atoms with van der Waals surface area (Å²) in [5, 5.41) is 13.9. The normalized spacial score (nSPS) is 17.8. The van der Waals surface area contributed by atoms with Gasteiger partial charge in [0.15, 0.2) is 5.78 Å². The minimum absolute atomic E-state index is 0.0132. The van der Waals surface area contributed by atoms with E-state index in [0.717, 1.165) is 5.70 Å². The molecule has 0 atom stereocenters. The van der Waals surface area contributed by atoms with Gasteiger partial charge in [0, 0.05) is 24.3 Å². The Hall–Kier alpha value is -2.17. The van der Waals surface area contributed by atoms with Crippen molar-refractivity contribution in [2.75, 3.05) is 5.32 Å². The zero-order chi connectivity index (χ0) is 14.0. The number of carbonyl (C=O) groups is 1. The van der Waals surface area contributed by atoms with E-state index in [-0.39, 0.29) is 16.9 Å². The van der Waals surface area contributed by atoms with E-state index in [2.05, 4.69) is 5.32 Å². The number of allylic oxidation sites excluding steroid dienone is 2. The minimum Gasteiger partial charge on any atom is -0.353 e. The van der Waals surface area contributed by atoms with Gasteiger partial charge in [-0.1, -0.05) is 26.0 Å². The maximum Gasteiger partial charge on any atom is 0.292 e. The van der Waals surface area contributed by atoms with Crippen molar-refractivity contribution in [1.82, 2.24) is 0 Å². The zero-order valence-corrected chi connectivity index (χ0v) is 11.0. The molecule has 5 nitrogen and oxygen atoms in total. The van der Waals surface area contributed by atoms with E-state index >= 15 is 0 Å². The molecular weight excluding hydrogens is 244 g/mol. The molecule has 5 heteroatoms. The Morgan fingerprint density at radius 2 is 1.95 bits per heavy atom. The average Bonchev–Trinajstić information content (AvgIpc) is 2.26. The molecule has 1 N–H and O–H groups in total. The van der Waals surface area contributed by atoms with Crippen molar-refractivity contribution in [3.05, 3.63) is 46.2 Å². The standard InChI is InChI=1S/C14H16N2O3/c1-14(2)8-10(7-11(17)9-14)15-12-5-3-4-6-13(12)16(18)19/h3-7,15H,8-9H2,1-2H3. The molecule has 1 aliphatic carbocycles. The van der Waals surface area contributed by atoms with Crippen molar-refractivity contribution in [1.29, 1.82) is 0 Å². The van der Waals surface area contributed by atoms with Crippen molar-refractivity contribution in [3.63, 3.8) is 0 Å². The van der Waals surface area contributed by atoms with E-state index in [0.29, 0.717) is 18.5 Å². The second kappa shape index (κ2) is 4.84. The Labute approximate surface area is 111 Å². The Balaban J connectivity index is 2.27. The van der Waals surface area contributed by atoms with Crippen LogP contribution < -0.4 is 5.32 Å². The van der Waals surface area contributed by atoms with Crippen LogP contribution in [0.25, 0.3) is 0 Å². The van der Waals surface area contributed by atoms with Crippen molar-refractivity contribution < 1.29 is 9.72 Å². The first-order valence-corrected chi connectivity index (χ1v) is 6.11. The maximum absolute atomic E-state index is 11.6. The van der Waals surface area contributed by atoms with Gasteiger partial charge in [0.05, 0.1) is 4.92 Å². The lowest BCUT2D eigenvalue weighted by molar-refractivity contribution is -0.383. The maximum atomic E-state index is 11.6. The number of hydrogen-bond acceptors (Lipinski definition) is 4. The predicted molar refractivity (Wildman–Crippen MR) is 72.8 cm³/mol. The van der Waals surface area contributed by atoms with Crippen molar-refractivity contribution >= 4 is 17.2 Å². The van der Waals surface area contributed by atoms with Crippen LogP contribution in [0.5, 0.6) is 0 Å². The van der Waals surface area contributed by atoms with Gasteiger partial charge in [-0.05, 0) is 17.9 Å². The molecule has 0 aromatic heterocycles. The number of rotatable bonds is 3. The van der Waals surface area contributed by atoms with Crippen LogP contribution in [0.2, 0.25) is 0 Å². The van der Waals surface area contributed by atoms with Gasteiger partial charge in [-0.2, -0.15) is 0 Å². The molecule has 100 valence electrons. The quantitative estimate of drug-likeness (QED) is 0.668. The first kappa shape index (κ1) is 13.3. The average molecular weight is 260 g/mol. The second-order valence-electron chi connectivity index (χ2n) is 5.55. The van der Waals surface area contributed by atoms with Crippen LogP contribution in [0.1, 0.15) is 26.7 Å². The molecule has 1 aliphatic rings. The highest BCUT2D eigenvalue weighted by Gasteiger charge is 2.28. The van der Waals surface area contributed by atoms with Crippen molar-refractivity contribution in [3.8, 4) is 0 Å². The summed E-state index contributed by atoms with van der Waals surface area (Å²) in [5.41, 5.74) is 1.05. The van der Waals surface area contributed by atoms with Crippen LogP contribution in [0.3, 0.4) is 0 Å². The summed E-state index contributed by atoms with van der Waals surface area (Å²) in [6.07, 6.45) is 2.75. The summed E-state index contributed by atoms with van der Waals surface area (Å²) in [4.78, 5) is 22.2. The van der Waals surface area contributed by atoms with Crippen LogP contribution in [0.15, 0.2) is 36.0 Å². The number of nitro benzene ring substituents is 1. The van der Waals surface area contributed by atoms with Crippen LogP contribution in [-0.4, -0.2) is 10.7 Å². The van der Waals surface area contributed by atoms with Gasteiger partial charge in [-0.15, -0.1) is 0 Å². The first-order chi connectivity index (χ1) is 8.87. The molecular formula is C14H16N2O3. The number of carbonyl (C=O) groups excluding carboxylic acids is 1. The fraction of sp³-hybridized carbons (Fsp3) is 0.357. The monoisotopic (exact) mass is 260 g/mol. The number of anilines is 1. The number of benzene rings is 1. The van der Waals surface area contributed by atoms with Crippen LogP contribution in [0, 0.1) is 15.5 Å². The Morgan fingerprint density at radius 3 is 2.58 bits per heavy atom. The van der Waals surface area contributed by atoms with Crippen LogP contribution >= 0.6 is 0 Å². The number of nitrogens with zero attached hydrogens (tertiary/aromatic N) is 1. The molecule has 2 rings (SSSR count). The highest BCUT2D eigenvalue weighted by molar-refractivity contribution is 5.92. The summed E-state index contributed by atoms with van der Waals surface area (Å²) in [7, 11) is 0. The third-order valence-electron chi connectivity index (χ3n) is 3.05. The number of para-hydroxylation sites is 2. The van der Waals surface area contributed by atoms with E-state index in [4.69, 9.17) is 0 Å². The van der Waals surface area contributed by atoms with Crippen LogP contribution in [0.4, 0.5) is 11.4 Å². The largest absolute Gasteiger partial charge is 0.353 e. The summed E-state index contributed by atoms with van der Waals surface area (Å²) in [6.45, 7) is 4.03. The molecule has 0 spiro atoms. The molecule has 1 aromatic carbocycles. The lowest BCUT2D eigenvalue weighted by Crippen LogP contribution is -2.24. The third kappa shape index (κ3) is 3.19. The number of nitro groups is 1. The lowest BCUT2D eigenvalue weighted by atomic mass is 9.79. The molecule has 1 aromatic rings. The smallest absolute Gasteiger partial charge is 0.292 e. The summed E-state index contributed by atoms with van der Waals surface area (Å²) in [5.74, 6) is 0.0531. The summed E-state index contributed by atoms with van der Waals surface area (Å²) < 4.78 is 0. The van der Waals surface area contributed by atoms with Gasteiger partial charge in [-0.3, -0.25) is 14.9 Å². The van der Waals surface area contributed by atoms with Crippen molar-refractivity contribution in [2.45, 2.75) is 26.7 Å². The fourth-order valence-corrected chi connectivity index (χ4v) is 2.34. The van der Waals surface area contributed by atoms with E-state index in [1.807, 2.05) is 13.8 Å².